The van der Waals surface area contributed by atoms with Crippen LogP contribution in [0.25, 0.3) is 0 Å². The lowest BCUT2D eigenvalue weighted by molar-refractivity contribution is -0.128. The summed E-state index contributed by atoms with van der Waals surface area (Å²) in [7, 11) is 0. The van der Waals surface area contributed by atoms with E-state index in [1.165, 1.54) is 4.90 Å². The molecule has 2 atom stereocenters. The third-order valence-corrected chi connectivity index (χ3v) is 2.48. The van der Waals surface area contributed by atoms with Gasteiger partial charge in [0.1, 0.15) is 11.6 Å². The Morgan fingerprint density at radius 1 is 1.50 bits per heavy atom. The Morgan fingerprint density at radius 3 is 2.69 bits per heavy atom. The summed E-state index contributed by atoms with van der Waals surface area (Å²) in [4.78, 5) is 24.8. The molecular formula is C11H16N2O3. The van der Waals surface area contributed by atoms with Crippen LogP contribution >= 0.6 is 0 Å². The number of nitrogens with one attached hydrogen (secondary N) is 1. The van der Waals surface area contributed by atoms with Crippen LogP contribution in [-0.4, -0.2) is 41.1 Å². The molecule has 0 aromatic rings. The third kappa shape index (κ3) is 2.03. The Kier molecular flexibility index (Phi) is 2.40. The van der Waals surface area contributed by atoms with Gasteiger partial charge in [0.2, 0.25) is 5.91 Å². The minimum Gasteiger partial charge on any atom is -0.444 e. The predicted molar refractivity (Wildman–Crippen MR) is 57.8 cm³/mol. The van der Waals surface area contributed by atoms with Crippen LogP contribution in [0, 0.1) is 0 Å². The second kappa shape index (κ2) is 3.50. The number of ether oxygens (including phenoxy) is 1. The molecule has 0 saturated carbocycles. The summed E-state index contributed by atoms with van der Waals surface area (Å²) in [6.45, 7) is 5.91. The van der Waals surface area contributed by atoms with Crippen LogP contribution in [0.5, 0.6) is 0 Å². The van der Waals surface area contributed by atoms with E-state index in [1.54, 1.807) is 6.08 Å². The minimum absolute atomic E-state index is 0.0787. The molecule has 0 unspecified atom stereocenters. The zero-order valence-corrected chi connectivity index (χ0v) is 9.69. The number of carbonyl (C=O) groups is 2. The van der Waals surface area contributed by atoms with E-state index in [9.17, 15) is 9.59 Å². The fourth-order valence-corrected chi connectivity index (χ4v) is 1.83. The lowest BCUT2D eigenvalue weighted by atomic mass is 10.0. The van der Waals surface area contributed by atoms with Crippen molar-refractivity contribution in [3.63, 3.8) is 0 Å². The molecule has 88 valence electrons. The molecule has 16 heavy (non-hydrogen) atoms. The van der Waals surface area contributed by atoms with Crippen molar-refractivity contribution in [3.05, 3.63) is 12.2 Å². The largest absolute Gasteiger partial charge is 0.444 e. The summed E-state index contributed by atoms with van der Waals surface area (Å²) >= 11 is 0. The SMILES string of the molecule is CC(C)(C)OC(=O)N1C[C@H]2C=C[C@@H]1C(=O)N2. The Bertz CT molecular complexity index is 357. The Labute approximate surface area is 94.4 Å². The van der Waals surface area contributed by atoms with E-state index < -0.39 is 17.7 Å². The van der Waals surface area contributed by atoms with Gasteiger partial charge in [-0.2, -0.15) is 0 Å². The first kappa shape index (κ1) is 11.0. The molecule has 2 bridgehead atoms. The van der Waals surface area contributed by atoms with Crippen molar-refractivity contribution in [3.8, 4) is 0 Å². The Balaban J connectivity index is 2.09. The van der Waals surface area contributed by atoms with Gasteiger partial charge in [-0.15, -0.1) is 0 Å². The van der Waals surface area contributed by atoms with Crippen molar-refractivity contribution in [2.24, 2.45) is 0 Å². The third-order valence-electron chi connectivity index (χ3n) is 2.48. The van der Waals surface area contributed by atoms with E-state index in [1.807, 2.05) is 26.8 Å². The van der Waals surface area contributed by atoms with E-state index in [-0.39, 0.29) is 11.9 Å². The van der Waals surface area contributed by atoms with Crippen molar-refractivity contribution >= 4 is 12.0 Å². The number of nitrogens with zero attached hydrogens (tertiary/aromatic N) is 1. The quantitative estimate of drug-likeness (QED) is 0.615. The fraction of sp³-hybridized carbons (Fsp3) is 0.636. The predicted octanol–water partition coefficient (Wildman–Crippen LogP) is 0.660. The summed E-state index contributed by atoms with van der Waals surface area (Å²) in [5.41, 5.74) is -0.534. The molecule has 5 nitrogen and oxygen atoms in total. The van der Waals surface area contributed by atoms with Gasteiger partial charge >= 0.3 is 6.09 Å². The molecule has 0 spiro atoms. The van der Waals surface area contributed by atoms with E-state index in [2.05, 4.69) is 5.32 Å². The highest BCUT2D eigenvalue weighted by Gasteiger charge is 2.40. The number of fused-ring (bicyclic) bond motifs is 2. The molecule has 1 N–H and O–H groups in total. The monoisotopic (exact) mass is 224 g/mol. The molecule has 1 saturated heterocycles. The first-order valence-corrected chi connectivity index (χ1v) is 5.35. The molecule has 5 heteroatoms. The number of rotatable bonds is 0. The summed E-state index contributed by atoms with van der Waals surface area (Å²) in [5, 5.41) is 2.79. The average Bonchev–Trinajstić information content (AvgIpc) is 2.15. The maximum Gasteiger partial charge on any atom is 0.411 e. The molecule has 2 amide bonds. The fourth-order valence-electron chi connectivity index (χ4n) is 1.83. The molecule has 0 aromatic carbocycles. The van der Waals surface area contributed by atoms with Crippen LogP contribution in [0.4, 0.5) is 4.79 Å². The summed E-state index contributed by atoms with van der Waals surface area (Å²) in [6.07, 6.45) is 3.23. The first-order valence-electron chi connectivity index (χ1n) is 5.35. The van der Waals surface area contributed by atoms with Gasteiger partial charge in [0, 0.05) is 6.54 Å². The van der Waals surface area contributed by atoms with E-state index in [4.69, 9.17) is 4.74 Å². The van der Waals surface area contributed by atoms with Gasteiger partial charge in [0.25, 0.3) is 0 Å². The van der Waals surface area contributed by atoms with Crippen molar-refractivity contribution < 1.29 is 14.3 Å². The highest BCUT2D eigenvalue weighted by Crippen LogP contribution is 2.20. The van der Waals surface area contributed by atoms with Crippen LogP contribution < -0.4 is 5.32 Å². The van der Waals surface area contributed by atoms with Crippen molar-refractivity contribution in [2.45, 2.75) is 38.5 Å². The van der Waals surface area contributed by atoms with Crippen LogP contribution in [-0.2, 0) is 9.53 Å². The van der Waals surface area contributed by atoms with Crippen molar-refractivity contribution in [1.29, 1.82) is 0 Å². The van der Waals surface area contributed by atoms with Gasteiger partial charge in [-0.25, -0.2) is 4.79 Å². The summed E-state index contributed by atoms with van der Waals surface area (Å²) < 4.78 is 5.25. The van der Waals surface area contributed by atoms with E-state index in [0.717, 1.165) is 0 Å². The molecule has 3 heterocycles. The van der Waals surface area contributed by atoms with Gasteiger partial charge in [-0.1, -0.05) is 12.2 Å². The first-order chi connectivity index (χ1) is 7.37. The highest BCUT2D eigenvalue weighted by molar-refractivity contribution is 5.90. The molecule has 1 fully saturated rings. The smallest absolute Gasteiger partial charge is 0.411 e. The van der Waals surface area contributed by atoms with Gasteiger partial charge in [-0.3, -0.25) is 9.69 Å². The van der Waals surface area contributed by atoms with Crippen molar-refractivity contribution in [2.75, 3.05) is 6.54 Å². The molecule has 3 aliphatic heterocycles. The maximum absolute atomic E-state index is 11.8. The second-order valence-corrected chi connectivity index (χ2v) is 5.08. The average molecular weight is 224 g/mol. The number of carbonyl (C=O) groups excluding carboxylic acids is 2. The number of hydrogen-bond donors (Lipinski definition) is 1. The topological polar surface area (TPSA) is 58.6 Å². The molecule has 3 rings (SSSR count). The highest BCUT2D eigenvalue weighted by atomic mass is 16.6. The molecule has 0 aromatic heterocycles. The lowest BCUT2D eigenvalue weighted by Crippen LogP contribution is -2.63. The van der Waals surface area contributed by atoms with Gasteiger partial charge in [0.05, 0.1) is 6.04 Å². The van der Waals surface area contributed by atoms with Gasteiger partial charge in [-0.05, 0) is 20.8 Å². The lowest BCUT2D eigenvalue weighted by Gasteiger charge is -2.41. The number of amides is 2. The Hall–Kier alpha value is -1.52. The normalized spacial score (nSPS) is 27.9. The minimum atomic E-state index is -0.534. The Morgan fingerprint density at radius 2 is 2.19 bits per heavy atom. The molecule has 0 radical (unpaired) electrons. The van der Waals surface area contributed by atoms with Crippen molar-refractivity contribution in [1.82, 2.24) is 10.2 Å². The van der Waals surface area contributed by atoms with Crippen LogP contribution in [0.2, 0.25) is 0 Å². The van der Waals surface area contributed by atoms with Crippen LogP contribution in [0.3, 0.4) is 0 Å². The zero-order chi connectivity index (χ0) is 11.9. The summed E-state index contributed by atoms with van der Waals surface area (Å²) in [5.74, 6) is -0.135. The second-order valence-electron chi connectivity index (χ2n) is 5.08. The summed E-state index contributed by atoms with van der Waals surface area (Å²) in [6, 6.07) is -0.593. The van der Waals surface area contributed by atoms with E-state index >= 15 is 0 Å². The zero-order valence-electron chi connectivity index (χ0n) is 9.69. The number of piperazine rings is 1. The van der Waals surface area contributed by atoms with E-state index in [0.29, 0.717) is 6.54 Å². The molecular weight excluding hydrogens is 208 g/mol. The standard InChI is InChI=1S/C11H16N2O3/c1-11(2,3)16-10(15)13-6-7-4-5-8(13)9(14)12-7/h4-5,7-8H,6H2,1-3H3,(H,12,14)/t7-,8-/m1/s1. The van der Waals surface area contributed by atoms with Gasteiger partial charge < -0.3 is 10.1 Å². The molecule has 3 aliphatic rings. The molecule has 0 aliphatic carbocycles. The number of hydrogen-bond acceptors (Lipinski definition) is 3. The maximum atomic E-state index is 11.8. The van der Waals surface area contributed by atoms with Gasteiger partial charge in [0.15, 0.2) is 0 Å². The van der Waals surface area contributed by atoms with Crippen LogP contribution in [0.15, 0.2) is 12.2 Å². The van der Waals surface area contributed by atoms with Crippen LogP contribution in [0.1, 0.15) is 20.8 Å².